The van der Waals surface area contributed by atoms with E-state index in [4.69, 9.17) is 10.5 Å². The second kappa shape index (κ2) is 6.58. The number of rotatable bonds is 4. The molecule has 0 aliphatic carbocycles. The SMILES string of the molecule is C=C(O/C(C)=C\C)c1nc2cc(C(=O)N3CCCC3C)cc(N)n2n1. The molecule has 1 saturated heterocycles. The highest BCUT2D eigenvalue weighted by Gasteiger charge is 2.27. The number of nitrogens with two attached hydrogens (primary N) is 1. The van der Waals surface area contributed by atoms with Gasteiger partial charge in [-0.1, -0.05) is 6.58 Å². The van der Waals surface area contributed by atoms with Crippen LogP contribution in [0.3, 0.4) is 0 Å². The lowest BCUT2D eigenvalue weighted by atomic mass is 10.2. The normalized spacial score (nSPS) is 18.0. The average Bonchev–Trinajstić information content (AvgIpc) is 3.20. The van der Waals surface area contributed by atoms with Gasteiger partial charge in [-0.05, 0) is 51.8 Å². The minimum atomic E-state index is -0.0245. The van der Waals surface area contributed by atoms with Crippen molar-refractivity contribution in [3.63, 3.8) is 0 Å². The molecule has 3 heterocycles. The van der Waals surface area contributed by atoms with Crippen LogP contribution in [0.1, 0.15) is 49.8 Å². The van der Waals surface area contributed by atoms with Gasteiger partial charge in [-0.25, -0.2) is 4.98 Å². The molecule has 0 saturated carbocycles. The third-order valence-electron chi connectivity index (χ3n) is 4.47. The molecule has 0 aromatic carbocycles. The van der Waals surface area contributed by atoms with Gasteiger partial charge in [-0.2, -0.15) is 4.52 Å². The predicted octanol–water partition coefficient (Wildman–Crippen LogP) is 2.85. The first kappa shape index (κ1) is 17.0. The van der Waals surface area contributed by atoms with Crippen LogP contribution in [0.25, 0.3) is 11.4 Å². The van der Waals surface area contributed by atoms with Crippen LogP contribution in [-0.2, 0) is 4.74 Å². The van der Waals surface area contributed by atoms with E-state index in [-0.39, 0.29) is 11.9 Å². The van der Waals surface area contributed by atoms with E-state index < -0.39 is 0 Å². The summed E-state index contributed by atoms with van der Waals surface area (Å²) < 4.78 is 7.03. The maximum atomic E-state index is 12.7. The molecule has 1 aliphatic rings. The summed E-state index contributed by atoms with van der Waals surface area (Å²) in [4.78, 5) is 19.0. The summed E-state index contributed by atoms with van der Waals surface area (Å²) in [6.45, 7) is 10.4. The molecule has 2 aromatic heterocycles. The van der Waals surface area contributed by atoms with Crippen molar-refractivity contribution in [3.05, 3.63) is 41.9 Å². The predicted molar refractivity (Wildman–Crippen MR) is 96.7 cm³/mol. The molecule has 132 valence electrons. The fourth-order valence-corrected chi connectivity index (χ4v) is 2.95. The van der Waals surface area contributed by atoms with Crippen molar-refractivity contribution < 1.29 is 9.53 Å². The number of carbonyl (C=O) groups is 1. The molecule has 7 heteroatoms. The Hall–Kier alpha value is -2.83. The number of nitrogens with zero attached hydrogens (tertiary/aromatic N) is 4. The minimum Gasteiger partial charge on any atom is -0.459 e. The van der Waals surface area contributed by atoms with Gasteiger partial charge >= 0.3 is 0 Å². The zero-order valence-electron chi connectivity index (χ0n) is 14.8. The lowest BCUT2D eigenvalue weighted by Gasteiger charge is -2.21. The smallest absolute Gasteiger partial charge is 0.254 e. The Bertz CT molecular complexity index is 868. The molecule has 0 radical (unpaired) electrons. The third-order valence-corrected chi connectivity index (χ3v) is 4.47. The topological polar surface area (TPSA) is 85.8 Å². The van der Waals surface area contributed by atoms with Gasteiger partial charge in [0.05, 0.1) is 5.76 Å². The summed E-state index contributed by atoms with van der Waals surface area (Å²) in [5.41, 5.74) is 7.09. The zero-order valence-corrected chi connectivity index (χ0v) is 14.8. The highest BCUT2D eigenvalue weighted by Crippen LogP contribution is 2.22. The Morgan fingerprint density at radius 1 is 1.48 bits per heavy atom. The summed E-state index contributed by atoms with van der Waals surface area (Å²) in [6, 6.07) is 3.59. The molecular formula is C18H23N5O2. The first-order chi connectivity index (χ1) is 11.9. The third kappa shape index (κ3) is 3.22. The Labute approximate surface area is 146 Å². The van der Waals surface area contributed by atoms with Crippen molar-refractivity contribution in [1.29, 1.82) is 0 Å². The van der Waals surface area contributed by atoms with E-state index in [9.17, 15) is 4.79 Å². The molecule has 1 fully saturated rings. The van der Waals surface area contributed by atoms with E-state index in [1.165, 1.54) is 4.52 Å². The lowest BCUT2D eigenvalue weighted by Crippen LogP contribution is -2.33. The summed E-state index contributed by atoms with van der Waals surface area (Å²) in [5.74, 6) is 1.70. The van der Waals surface area contributed by atoms with Crippen molar-refractivity contribution >= 4 is 23.1 Å². The van der Waals surface area contributed by atoms with Crippen molar-refractivity contribution in [1.82, 2.24) is 19.5 Å². The number of likely N-dealkylation sites (tertiary alicyclic amines) is 1. The Kier molecular flexibility index (Phi) is 4.48. The molecule has 1 atom stereocenters. The standard InChI is InChI=1S/C18H23N5O2/c1-5-12(3)25-13(4)17-20-16-10-14(9-15(19)23(16)21-17)18(24)22-8-6-7-11(22)2/h5,9-11H,4,6-8,19H2,1-3H3/b12-5-. The second-order valence-electron chi connectivity index (χ2n) is 6.29. The zero-order chi connectivity index (χ0) is 18.1. The van der Waals surface area contributed by atoms with Crippen molar-refractivity contribution in [2.24, 2.45) is 0 Å². The monoisotopic (exact) mass is 341 g/mol. The molecule has 25 heavy (non-hydrogen) atoms. The van der Waals surface area contributed by atoms with E-state index >= 15 is 0 Å². The number of fused-ring (bicyclic) bond motifs is 1. The number of hydrogen-bond acceptors (Lipinski definition) is 5. The van der Waals surface area contributed by atoms with Crippen molar-refractivity contribution in [2.75, 3.05) is 12.3 Å². The molecule has 2 aromatic rings. The Balaban J connectivity index is 1.94. The van der Waals surface area contributed by atoms with E-state index in [1.54, 1.807) is 12.1 Å². The number of aromatic nitrogens is 3. The Morgan fingerprint density at radius 2 is 2.24 bits per heavy atom. The average molecular weight is 341 g/mol. The highest BCUT2D eigenvalue weighted by atomic mass is 16.5. The maximum absolute atomic E-state index is 12.7. The molecule has 3 rings (SSSR count). The number of amides is 1. The molecule has 0 bridgehead atoms. The maximum Gasteiger partial charge on any atom is 0.254 e. The molecule has 2 N–H and O–H groups in total. The number of carbonyl (C=O) groups excluding carboxylic acids is 1. The lowest BCUT2D eigenvalue weighted by molar-refractivity contribution is 0.0747. The highest BCUT2D eigenvalue weighted by molar-refractivity contribution is 5.96. The van der Waals surface area contributed by atoms with Crippen LogP contribution in [0.2, 0.25) is 0 Å². The number of ether oxygens (including phenoxy) is 1. The largest absolute Gasteiger partial charge is 0.459 e. The van der Waals surface area contributed by atoms with E-state index in [0.717, 1.165) is 19.4 Å². The van der Waals surface area contributed by atoms with E-state index in [1.807, 2.05) is 24.8 Å². The molecule has 1 unspecified atom stereocenters. The number of anilines is 1. The first-order valence-electron chi connectivity index (χ1n) is 8.38. The van der Waals surface area contributed by atoms with Crippen molar-refractivity contribution in [2.45, 2.75) is 39.7 Å². The van der Waals surface area contributed by atoms with Crippen LogP contribution in [0.15, 0.2) is 30.5 Å². The van der Waals surface area contributed by atoms with Gasteiger partial charge in [-0.3, -0.25) is 4.79 Å². The van der Waals surface area contributed by atoms with E-state index in [0.29, 0.717) is 34.4 Å². The van der Waals surface area contributed by atoms with Gasteiger partial charge in [0, 0.05) is 18.2 Å². The number of nitrogen functional groups attached to an aromatic ring is 1. The van der Waals surface area contributed by atoms with E-state index in [2.05, 4.69) is 23.6 Å². The van der Waals surface area contributed by atoms with Crippen molar-refractivity contribution in [3.8, 4) is 0 Å². The van der Waals surface area contributed by atoms with Crippen LogP contribution < -0.4 is 5.73 Å². The van der Waals surface area contributed by atoms with Gasteiger partial charge in [-0.15, -0.1) is 5.10 Å². The quantitative estimate of drug-likeness (QED) is 0.864. The molecular weight excluding hydrogens is 318 g/mol. The van der Waals surface area contributed by atoms with Crippen LogP contribution in [0.5, 0.6) is 0 Å². The van der Waals surface area contributed by atoms with Gasteiger partial charge < -0.3 is 15.4 Å². The van der Waals surface area contributed by atoms with Crippen LogP contribution in [0.4, 0.5) is 5.82 Å². The second-order valence-corrected chi connectivity index (χ2v) is 6.29. The summed E-state index contributed by atoms with van der Waals surface area (Å²) in [7, 11) is 0. The fraction of sp³-hybridized carbons (Fsp3) is 0.389. The van der Waals surface area contributed by atoms with Crippen LogP contribution in [-0.4, -0.2) is 38.0 Å². The molecule has 7 nitrogen and oxygen atoms in total. The van der Waals surface area contributed by atoms with Gasteiger partial charge in [0.15, 0.2) is 11.4 Å². The number of allylic oxidation sites excluding steroid dienone is 2. The number of pyridine rings is 1. The van der Waals surface area contributed by atoms with Crippen LogP contribution >= 0.6 is 0 Å². The fourth-order valence-electron chi connectivity index (χ4n) is 2.95. The molecule has 0 spiro atoms. The summed E-state index contributed by atoms with van der Waals surface area (Å²) in [5, 5.41) is 4.32. The van der Waals surface area contributed by atoms with Crippen LogP contribution in [0, 0.1) is 0 Å². The summed E-state index contributed by atoms with van der Waals surface area (Å²) in [6.07, 6.45) is 3.88. The Morgan fingerprint density at radius 3 is 2.88 bits per heavy atom. The van der Waals surface area contributed by atoms with Gasteiger partial charge in [0.2, 0.25) is 5.82 Å². The van der Waals surface area contributed by atoms with Gasteiger partial charge in [0.25, 0.3) is 5.91 Å². The first-order valence-corrected chi connectivity index (χ1v) is 8.38. The summed E-state index contributed by atoms with van der Waals surface area (Å²) >= 11 is 0. The molecule has 1 amide bonds. The molecule has 1 aliphatic heterocycles. The number of hydrogen-bond donors (Lipinski definition) is 1. The minimum absolute atomic E-state index is 0.0245. The van der Waals surface area contributed by atoms with Gasteiger partial charge in [0.1, 0.15) is 5.82 Å².